The predicted molar refractivity (Wildman–Crippen MR) is 71.3 cm³/mol. The summed E-state index contributed by atoms with van der Waals surface area (Å²) < 4.78 is 5.49. The molecule has 3 rings (SSSR count). The highest BCUT2D eigenvalue weighted by molar-refractivity contribution is 5.36. The number of nitrogen functional groups attached to an aromatic ring is 1. The molecule has 2 fully saturated rings. The van der Waals surface area contributed by atoms with Crippen molar-refractivity contribution in [3.05, 3.63) is 23.4 Å². The van der Waals surface area contributed by atoms with Crippen LogP contribution in [0.5, 0.6) is 0 Å². The second kappa shape index (κ2) is 5.24. The summed E-state index contributed by atoms with van der Waals surface area (Å²) in [5, 5.41) is 0. The van der Waals surface area contributed by atoms with Crippen LogP contribution in [0.1, 0.15) is 36.4 Å². The Balaban J connectivity index is 1.82. The van der Waals surface area contributed by atoms with E-state index in [1.54, 1.807) is 0 Å². The van der Waals surface area contributed by atoms with E-state index in [-0.39, 0.29) is 0 Å². The fourth-order valence-corrected chi connectivity index (χ4v) is 2.96. The maximum Gasteiger partial charge on any atom is 0.123 e. The number of ether oxygens (including phenoxy) is 1. The highest BCUT2D eigenvalue weighted by Gasteiger charge is 2.23. The van der Waals surface area contributed by atoms with Gasteiger partial charge in [0.05, 0.1) is 12.3 Å². The van der Waals surface area contributed by atoms with Gasteiger partial charge in [-0.05, 0) is 44.0 Å². The number of anilines is 1. The van der Waals surface area contributed by atoms with Gasteiger partial charge in [-0.25, -0.2) is 4.98 Å². The molecule has 3 heterocycles. The van der Waals surface area contributed by atoms with E-state index in [0.29, 0.717) is 11.7 Å². The van der Waals surface area contributed by atoms with E-state index in [2.05, 4.69) is 16.0 Å². The molecule has 0 saturated carbocycles. The van der Waals surface area contributed by atoms with Crippen LogP contribution < -0.4 is 5.73 Å². The van der Waals surface area contributed by atoms with Crippen molar-refractivity contribution in [2.45, 2.75) is 31.7 Å². The summed E-state index contributed by atoms with van der Waals surface area (Å²) >= 11 is 0. The first kappa shape index (κ1) is 11.9. The molecule has 1 unspecified atom stereocenters. The van der Waals surface area contributed by atoms with Crippen LogP contribution in [-0.4, -0.2) is 36.2 Å². The number of pyridine rings is 1. The van der Waals surface area contributed by atoms with Crippen molar-refractivity contribution in [2.24, 2.45) is 0 Å². The predicted octanol–water partition coefficient (Wildman–Crippen LogP) is 1.76. The Hall–Kier alpha value is -1.13. The maximum atomic E-state index is 5.84. The smallest absolute Gasteiger partial charge is 0.123 e. The van der Waals surface area contributed by atoms with Crippen LogP contribution in [0.2, 0.25) is 0 Å². The quantitative estimate of drug-likeness (QED) is 0.884. The van der Waals surface area contributed by atoms with Crippen LogP contribution in [0.3, 0.4) is 0 Å². The monoisotopic (exact) mass is 247 g/mol. The van der Waals surface area contributed by atoms with Gasteiger partial charge in [0.1, 0.15) is 5.82 Å². The van der Waals surface area contributed by atoms with Gasteiger partial charge in [0.15, 0.2) is 0 Å². The zero-order chi connectivity index (χ0) is 12.4. The van der Waals surface area contributed by atoms with Gasteiger partial charge < -0.3 is 10.5 Å². The molecule has 1 aromatic rings. The minimum absolute atomic E-state index is 0.510. The van der Waals surface area contributed by atoms with E-state index in [1.165, 1.54) is 31.5 Å². The molecule has 0 aliphatic carbocycles. The number of rotatable bonds is 3. The Labute approximate surface area is 108 Å². The minimum Gasteiger partial charge on any atom is -0.384 e. The molecule has 1 atom stereocenters. The summed E-state index contributed by atoms with van der Waals surface area (Å²) in [6.07, 6.45) is 3.73. The van der Waals surface area contributed by atoms with Crippen molar-refractivity contribution in [1.29, 1.82) is 0 Å². The minimum atomic E-state index is 0.510. The Bertz CT molecular complexity index is 410. The first-order chi connectivity index (χ1) is 8.83. The number of likely N-dealkylation sites (tertiary alicyclic amines) is 1. The Kier molecular flexibility index (Phi) is 3.48. The summed E-state index contributed by atoms with van der Waals surface area (Å²) in [5.74, 6) is 1.14. The molecular weight excluding hydrogens is 226 g/mol. The average molecular weight is 247 g/mol. The third kappa shape index (κ3) is 2.49. The topological polar surface area (TPSA) is 51.4 Å². The summed E-state index contributed by atoms with van der Waals surface area (Å²) in [6, 6.07) is 4.06. The third-order valence-corrected chi connectivity index (χ3v) is 3.97. The standard InChI is InChI=1S/C14H21N3O/c15-14-4-3-12(11-5-8-18-10-11)13(16-14)9-17-6-1-2-7-17/h3-4,11H,1-2,5-10H2,(H2,15,16). The number of nitrogens with two attached hydrogens (primary N) is 1. The third-order valence-electron chi connectivity index (χ3n) is 3.97. The zero-order valence-electron chi connectivity index (χ0n) is 10.8. The van der Waals surface area contributed by atoms with Gasteiger partial charge >= 0.3 is 0 Å². The van der Waals surface area contributed by atoms with Gasteiger partial charge in [0.25, 0.3) is 0 Å². The number of nitrogens with zero attached hydrogens (tertiary/aromatic N) is 2. The lowest BCUT2D eigenvalue weighted by atomic mass is 9.96. The summed E-state index contributed by atoms with van der Waals surface area (Å²) in [5.41, 5.74) is 8.34. The largest absolute Gasteiger partial charge is 0.384 e. The molecule has 0 radical (unpaired) electrons. The number of hydrogen-bond donors (Lipinski definition) is 1. The molecule has 18 heavy (non-hydrogen) atoms. The molecule has 0 bridgehead atoms. The zero-order valence-corrected chi connectivity index (χ0v) is 10.8. The van der Waals surface area contributed by atoms with E-state index < -0.39 is 0 Å². The van der Waals surface area contributed by atoms with E-state index in [1.807, 2.05) is 6.07 Å². The van der Waals surface area contributed by atoms with Crippen LogP contribution in [0.4, 0.5) is 5.82 Å². The lowest BCUT2D eigenvalue weighted by molar-refractivity contribution is 0.193. The van der Waals surface area contributed by atoms with Crippen molar-refractivity contribution in [1.82, 2.24) is 9.88 Å². The first-order valence-corrected chi connectivity index (χ1v) is 6.88. The normalized spacial score (nSPS) is 24.8. The van der Waals surface area contributed by atoms with E-state index in [4.69, 9.17) is 10.5 Å². The molecule has 2 N–H and O–H groups in total. The molecule has 4 heteroatoms. The van der Waals surface area contributed by atoms with Gasteiger partial charge in [-0.15, -0.1) is 0 Å². The maximum absolute atomic E-state index is 5.84. The summed E-state index contributed by atoms with van der Waals surface area (Å²) in [6.45, 7) is 5.03. The molecule has 0 spiro atoms. The molecule has 98 valence electrons. The van der Waals surface area contributed by atoms with Gasteiger partial charge in [-0.3, -0.25) is 4.90 Å². The molecule has 4 nitrogen and oxygen atoms in total. The highest BCUT2D eigenvalue weighted by atomic mass is 16.5. The van der Waals surface area contributed by atoms with Crippen molar-refractivity contribution in [3.63, 3.8) is 0 Å². The van der Waals surface area contributed by atoms with Crippen molar-refractivity contribution in [3.8, 4) is 0 Å². The molecule has 2 aliphatic rings. The van der Waals surface area contributed by atoms with Crippen molar-refractivity contribution >= 4 is 5.82 Å². The van der Waals surface area contributed by atoms with Crippen molar-refractivity contribution in [2.75, 3.05) is 32.0 Å². The molecule has 0 amide bonds. The summed E-state index contributed by atoms with van der Waals surface area (Å²) in [7, 11) is 0. The Morgan fingerprint density at radius 1 is 1.33 bits per heavy atom. The fraction of sp³-hybridized carbons (Fsp3) is 0.643. The Morgan fingerprint density at radius 3 is 2.89 bits per heavy atom. The molecular formula is C14H21N3O. The molecule has 2 saturated heterocycles. The fourth-order valence-electron chi connectivity index (χ4n) is 2.96. The van der Waals surface area contributed by atoms with Crippen LogP contribution >= 0.6 is 0 Å². The highest BCUT2D eigenvalue weighted by Crippen LogP contribution is 2.29. The molecule has 1 aromatic heterocycles. The van der Waals surface area contributed by atoms with Crippen LogP contribution in [-0.2, 0) is 11.3 Å². The second-order valence-corrected chi connectivity index (χ2v) is 5.32. The first-order valence-electron chi connectivity index (χ1n) is 6.88. The SMILES string of the molecule is Nc1ccc(C2CCOC2)c(CN2CCCC2)n1. The number of aromatic nitrogens is 1. The van der Waals surface area contributed by atoms with Gasteiger partial charge in [-0.2, -0.15) is 0 Å². The molecule has 2 aliphatic heterocycles. The van der Waals surface area contributed by atoms with Gasteiger partial charge in [0.2, 0.25) is 0 Å². The lowest BCUT2D eigenvalue weighted by Crippen LogP contribution is -2.21. The van der Waals surface area contributed by atoms with Crippen LogP contribution in [0.25, 0.3) is 0 Å². The van der Waals surface area contributed by atoms with Crippen LogP contribution in [0, 0.1) is 0 Å². The molecule has 0 aromatic carbocycles. The van der Waals surface area contributed by atoms with E-state index >= 15 is 0 Å². The van der Waals surface area contributed by atoms with E-state index in [9.17, 15) is 0 Å². The Morgan fingerprint density at radius 2 is 2.17 bits per heavy atom. The van der Waals surface area contributed by atoms with Gasteiger partial charge in [-0.1, -0.05) is 6.07 Å². The summed E-state index contributed by atoms with van der Waals surface area (Å²) in [4.78, 5) is 7.04. The van der Waals surface area contributed by atoms with Crippen LogP contribution in [0.15, 0.2) is 12.1 Å². The second-order valence-electron chi connectivity index (χ2n) is 5.32. The van der Waals surface area contributed by atoms with Crippen molar-refractivity contribution < 1.29 is 4.74 Å². The average Bonchev–Trinajstić information content (AvgIpc) is 3.01. The van der Waals surface area contributed by atoms with E-state index in [0.717, 1.165) is 31.9 Å². The van der Waals surface area contributed by atoms with Gasteiger partial charge in [0, 0.05) is 19.1 Å². The number of hydrogen-bond acceptors (Lipinski definition) is 4. The lowest BCUT2D eigenvalue weighted by Gasteiger charge is -2.19.